The van der Waals surface area contributed by atoms with Crippen LogP contribution in [0, 0.1) is 5.92 Å². The average Bonchev–Trinajstić information content (AvgIpc) is 2.72. The largest absolute Gasteiger partial charge is 0.396 e. The lowest BCUT2D eigenvalue weighted by Crippen LogP contribution is -2.40. The zero-order valence-corrected chi connectivity index (χ0v) is 12.7. The first-order chi connectivity index (χ1) is 9.65. The molecule has 0 unspecified atom stereocenters. The summed E-state index contributed by atoms with van der Waals surface area (Å²) in [5, 5.41) is 9.84. The summed E-state index contributed by atoms with van der Waals surface area (Å²) in [6, 6.07) is 0. The molecule has 1 aliphatic heterocycles. The van der Waals surface area contributed by atoms with Crippen LogP contribution in [0.1, 0.15) is 19.8 Å². The highest BCUT2D eigenvalue weighted by atomic mass is 32.1. The van der Waals surface area contributed by atoms with Crippen LogP contribution in [0.5, 0.6) is 0 Å². The molecule has 1 fully saturated rings. The number of likely N-dealkylation sites (tertiary alicyclic amines) is 1. The average molecular weight is 294 g/mol. The molecule has 1 saturated heterocycles. The van der Waals surface area contributed by atoms with Crippen LogP contribution in [0.2, 0.25) is 0 Å². The molecule has 0 atom stereocenters. The van der Waals surface area contributed by atoms with E-state index in [2.05, 4.69) is 11.5 Å². The molecule has 110 valence electrons. The molecule has 1 aromatic heterocycles. The zero-order valence-electron chi connectivity index (χ0n) is 11.9. The number of aliphatic hydroxyl groups excluding tert-OH is 1. The van der Waals surface area contributed by atoms with Gasteiger partial charge in [-0.3, -0.25) is 9.69 Å². The Bertz CT molecular complexity index is 621. The van der Waals surface area contributed by atoms with E-state index >= 15 is 0 Å². The molecule has 0 bridgehead atoms. The maximum Gasteiger partial charge on any atom is 0.269 e. The van der Waals surface area contributed by atoms with Gasteiger partial charge in [-0.15, -0.1) is 0 Å². The molecule has 1 aliphatic rings. The standard InChI is InChI=1S/C15H22N2O2S/c1-3-4-5-14-12(2)20-17(15(14)19)11-16-8-6-13(10-18)7-9-16/h3-5,13,18H,2,6-11H2,1H3/b4-3-,14-5+. The van der Waals surface area contributed by atoms with Crippen molar-refractivity contribution in [1.29, 1.82) is 0 Å². The van der Waals surface area contributed by atoms with Crippen molar-refractivity contribution in [2.24, 2.45) is 5.92 Å². The minimum atomic E-state index is 0.0439. The quantitative estimate of drug-likeness (QED) is 0.871. The van der Waals surface area contributed by atoms with Crippen LogP contribution >= 0.6 is 11.5 Å². The molecular formula is C15H22N2O2S. The molecule has 0 spiro atoms. The van der Waals surface area contributed by atoms with Crippen LogP contribution in [0.15, 0.2) is 16.9 Å². The van der Waals surface area contributed by atoms with E-state index in [0.717, 1.165) is 30.5 Å². The zero-order chi connectivity index (χ0) is 14.5. The molecular weight excluding hydrogens is 272 g/mol. The van der Waals surface area contributed by atoms with Crippen molar-refractivity contribution < 1.29 is 5.11 Å². The van der Waals surface area contributed by atoms with Crippen LogP contribution in [0.4, 0.5) is 0 Å². The van der Waals surface area contributed by atoms with Crippen molar-refractivity contribution in [2.75, 3.05) is 19.7 Å². The van der Waals surface area contributed by atoms with E-state index in [4.69, 9.17) is 5.11 Å². The summed E-state index contributed by atoms with van der Waals surface area (Å²) in [5.41, 5.74) is 0.0439. The van der Waals surface area contributed by atoms with E-state index in [9.17, 15) is 4.79 Å². The highest BCUT2D eigenvalue weighted by molar-refractivity contribution is 7.04. The minimum Gasteiger partial charge on any atom is -0.396 e. The van der Waals surface area contributed by atoms with Gasteiger partial charge in [0, 0.05) is 19.7 Å². The summed E-state index contributed by atoms with van der Waals surface area (Å²) in [6.07, 6.45) is 7.61. The molecule has 1 N–H and O–H groups in total. The lowest BCUT2D eigenvalue weighted by molar-refractivity contribution is 0.113. The fraction of sp³-hybridized carbons (Fsp3) is 0.533. The van der Waals surface area contributed by atoms with Gasteiger partial charge < -0.3 is 5.11 Å². The first-order valence-corrected chi connectivity index (χ1v) is 7.78. The highest BCUT2D eigenvalue weighted by Gasteiger charge is 2.19. The summed E-state index contributed by atoms with van der Waals surface area (Å²) in [7, 11) is 0. The third-order valence-electron chi connectivity index (χ3n) is 3.73. The van der Waals surface area contributed by atoms with Gasteiger partial charge in [-0.2, -0.15) is 0 Å². The number of nitrogens with zero attached hydrogens (tertiary/aromatic N) is 2. The van der Waals surface area contributed by atoms with Gasteiger partial charge in [0.15, 0.2) is 0 Å². The van der Waals surface area contributed by atoms with E-state index in [1.807, 2.05) is 25.2 Å². The number of rotatable bonds is 4. The Morgan fingerprint density at radius 1 is 1.45 bits per heavy atom. The second-order valence-corrected chi connectivity index (χ2v) is 6.31. The summed E-state index contributed by atoms with van der Waals surface area (Å²) >= 11 is 1.43. The Balaban J connectivity index is 2.12. The summed E-state index contributed by atoms with van der Waals surface area (Å²) in [6.45, 7) is 8.67. The molecule has 0 aromatic carbocycles. The van der Waals surface area contributed by atoms with Gasteiger partial charge in [0.1, 0.15) is 0 Å². The molecule has 0 radical (unpaired) electrons. The normalized spacial score (nSPS) is 19.2. The monoisotopic (exact) mass is 294 g/mol. The molecule has 0 amide bonds. The predicted molar refractivity (Wildman–Crippen MR) is 84.0 cm³/mol. The molecule has 0 saturated carbocycles. The lowest BCUT2D eigenvalue weighted by Gasteiger charge is -2.30. The number of aliphatic hydroxyl groups is 1. The molecule has 5 heteroatoms. The predicted octanol–water partition coefficient (Wildman–Crippen LogP) is 0.339. The third kappa shape index (κ3) is 3.48. The highest BCUT2D eigenvalue weighted by Crippen LogP contribution is 2.16. The van der Waals surface area contributed by atoms with Crippen LogP contribution < -0.4 is 15.3 Å². The third-order valence-corrected chi connectivity index (χ3v) is 4.67. The Kier molecular flexibility index (Phi) is 5.34. The second kappa shape index (κ2) is 7.02. The first kappa shape index (κ1) is 15.2. The maximum absolute atomic E-state index is 12.3. The van der Waals surface area contributed by atoms with Crippen molar-refractivity contribution in [1.82, 2.24) is 8.86 Å². The van der Waals surface area contributed by atoms with Gasteiger partial charge in [-0.1, -0.05) is 30.3 Å². The Morgan fingerprint density at radius 3 is 2.75 bits per heavy atom. The van der Waals surface area contributed by atoms with E-state index in [-0.39, 0.29) is 12.2 Å². The van der Waals surface area contributed by atoms with Crippen LogP contribution in [0.3, 0.4) is 0 Å². The Morgan fingerprint density at radius 2 is 2.15 bits per heavy atom. The topological polar surface area (TPSA) is 45.5 Å². The van der Waals surface area contributed by atoms with Crippen molar-refractivity contribution in [3.63, 3.8) is 0 Å². The fourth-order valence-electron chi connectivity index (χ4n) is 2.42. The molecule has 2 rings (SSSR count). The number of aromatic nitrogens is 1. The summed E-state index contributed by atoms with van der Waals surface area (Å²) in [5.74, 6) is 0.424. The van der Waals surface area contributed by atoms with E-state index in [1.54, 1.807) is 3.96 Å². The fourth-order valence-corrected chi connectivity index (χ4v) is 3.34. The van der Waals surface area contributed by atoms with Crippen molar-refractivity contribution in [3.8, 4) is 0 Å². The number of hydrogen-bond acceptors (Lipinski definition) is 4. The summed E-state index contributed by atoms with van der Waals surface area (Å²) in [4.78, 5) is 14.6. The van der Waals surface area contributed by atoms with Crippen LogP contribution in [-0.2, 0) is 6.67 Å². The Hall–Kier alpha value is -1.17. The smallest absolute Gasteiger partial charge is 0.269 e. The van der Waals surface area contributed by atoms with Gasteiger partial charge >= 0.3 is 0 Å². The van der Waals surface area contributed by atoms with Crippen molar-refractivity contribution in [3.05, 3.63) is 32.3 Å². The SMILES string of the molecule is C=c1sn(CN2CCC(CO)CC2)c(=O)/c1=C/C=C\C. The van der Waals surface area contributed by atoms with E-state index in [1.165, 1.54) is 11.5 Å². The molecule has 4 nitrogen and oxygen atoms in total. The van der Waals surface area contributed by atoms with Gasteiger partial charge in [0.25, 0.3) is 5.56 Å². The van der Waals surface area contributed by atoms with Crippen molar-refractivity contribution in [2.45, 2.75) is 26.4 Å². The van der Waals surface area contributed by atoms with Crippen molar-refractivity contribution >= 4 is 24.2 Å². The number of hydrogen-bond donors (Lipinski definition) is 1. The molecule has 2 heterocycles. The van der Waals surface area contributed by atoms with Crippen LogP contribution in [-0.4, -0.2) is 33.7 Å². The first-order valence-electron chi connectivity index (χ1n) is 7.01. The summed E-state index contributed by atoms with van der Waals surface area (Å²) < 4.78 is 2.59. The van der Waals surface area contributed by atoms with Crippen LogP contribution in [0.25, 0.3) is 12.7 Å². The molecule has 1 aromatic rings. The number of piperidine rings is 1. The van der Waals surface area contributed by atoms with Gasteiger partial charge in [-0.05, 0) is 31.8 Å². The molecule has 20 heavy (non-hydrogen) atoms. The second-order valence-electron chi connectivity index (χ2n) is 5.19. The van der Waals surface area contributed by atoms with Gasteiger partial charge in [0.05, 0.1) is 16.4 Å². The van der Waals surface area contributed by atoms with E-state index < -0.39 is 0 Å². The Labute approximate surface area is 123 Å². The number of allylic oxidation sites excluding steroid dienone is 2. The lowest BCUT2D eigenvalue weighted by atomic mass is 9.98. The minimum absolute atomic E-state index is 0.0439. The van der Waals surface area contributed by atoms with Gasteiger partial charge in [0.2, 0.25) is 0 Å². The maximum atomic E-state index is 12.3. The van der Waals surface area contributed by atoms with E-state index in [0.29, 0.717) is 17.8 Å². The van der Waals surface area contributed by atoms with Gasteiger partial charge in [-0.25, -0.2) is 3.96 Å². The molecule has 0 aliphatic carbocycles.